The molecule has 10 heteroatoms. The topological polar surface area (TPSA) is 73.8 Å². The summed E-state index contributed by atoms with van der Waals surface area (Å²) in [7, 11) is 1.79. The van der Waals surface area contributed by atoms with Crippen LogP contribution in [0.25, 0.3) is 0 Å². The summed E-state index contributed by atoms with van der Waals surface area (Å²) < 4.78 is 0.802. The predicted octanol–water partition coefficient (Wildman–Crippen LogP) is 4.87. The van der Waals surface area contributed by atoms with Crippen LogP contribution in [0.1, 0.15) is 48.2 Å². The van der Waals surface area contributed by atoms with Gasteiger partial charge in [0.05, 0.1) is 10.0 Å². The Labute approximate surface area is 229 Å². The van der Waals surface area contributed by atoms with Crippen molar-refractivity contribution in [2.24, 2.45) is 5.92 Å². The number of rotatable bonds is 4. The van der Waals surface area contributed by atoms with E-state index in [-0.39, 0.29) is 35.6 Å². The molecule has 0 radical (unpaired) electrons. The number of carbonyl (C=O) groups is 3. The van der Waals surface area contributed by atoms with Gasteiger partial charge in [-0.05, 0) is 65.0 Å². The first-order valence-electron chi connectivity index (χ1n) is 12.0. The number of halogens is 3. The number of benzene rings is 1. The Kier molecular flexibility index (Phi) is 8.58. The van der Waals surface area contributed by atoms with Crippen LogP contribution in [0.4, 0.5) is 0 Å². The third-order valence-corrected chi connectivity index (χ3v) is 8.52. The van der Waals surface area contributed by atoms with Gasteiger partial charge in [0.1, 0.15) is 5.69 Å². The summed E-state index contributed by atoms with van der Waals surface area (Å²) >= 11 is 15.9. The minimum atomic E-state index is -0.172. The Bertz CT molecular complexity index is 1140. The Morgan fingerprint density at radius 2 is 1.69 bits per heavy atom. The minimum Gasteiger partial charge on any atom is -0.343 e. The van der Waals surface area contributed by atoms with Gasteiger partial charge < -0.3 is 14.7 Å². The monoisotopic (exact) mass is 594 g/mol. The SMILES string of the molecule is CC(=O)N1CCC(C(=O)N2CCC(N(C)C(=O)c3ccc(Br)cn3)[C@H](c3ccc(Cl)c(Cl)c3)C2)CC1. The van der Waals surface area contributed by atoms with Crippen LogP contribution in [0.2, 0.25) is 10.0 Å². The van der Waals surface area contributed by atoms with Crippen molar-refractivity contribution >= 4 is 56.9 Å². The van der Waals surface area contributed by atoms with E-state index in [0.29, 0.717) is 61.2 Å². The molecule has 36 heavy (non-hydrogen) atoms. The summed E-state index contributed by atoms with van der Waals surface area (Å²) in [6.45, 7) is 3.81. The summed E-state index contributed by atoms with van der Waals surface area (Å²) in [6.07, 6.45) is 3.57. The first-order chi connectivity index (χ1) is 17.2. The number of carbonyl (C=O) groups excluding carboxylic acids is 3. The fourth-order valence-corrected chi connectivity index (χ4v) is 5.75. The molecule has 2 atom stereocenters. The Morgan fingerprint density at radius 3 is 2.31 bits per heavy atom. The van der Waals surface area contributed by atoms with Gasteiger partial charge in [0, 0.05) is 68.7 Å². The van der Waals surface area contributed by atoms with Gasteiger partial charge in [0.15, 0.2) is 0 Å². The van der Waals surface area contributed by atoms with Crippen LogP contribution in [0.5, 0.6) is 0 Å². The molecule has 2 aliphatic rings. The van der Waals surface area contributed by atoms with Crippen LogP contribution in [0.15, 0.2) is 41.0 Å². The maximum Gasteiger partial charge on any atom is 0.272 e. The van der Waals surface area contributed by atoms with E-state index < -0.39 is 0 Å². The number of piperidine rings is 2. The largest absolute Gasteiger partial charge is 0.343 e. The van der Waals surface area contributed by atoms with Crippen molar-refractivity contribution in [1.82, 2.24) is 19.7 Å². The lowest BCUT2D eigenvalue weighted by atomic mass is 9.84. The van der Waals surface area contributed by atoms with E-state index in [9.17, 15) is 14.4 Å². The fourth-order valence-electron chi connectivity index (χ4n) is 5.21. The lowest BCUT2D eigenvalue weighted by Crippen LogP contribution is -2.53. The average molecular weight is 596 g/mol. The Morgan fingerprint density at radius 1 is 1.00 bits per heavy atom. The normalized spacial score (nSPS) is 20.8. The highest BCUT2D eigenvalue weighted by atomic mass is 79.9. The van der Waals surface area contributed by atoms with Crippen LogP contribution >= 0.6 is 39.1 Å². The molecule has 2 aliphatic heterocycles. The van der Waals surface area contributed by atoms with Crippen molar-refractivity contribution in [2.45, 2.75) is 38.1 Å². The molecule has 1 aromatic carbocycles. The molecule has 2 saturated heterocycles. The number of nitrogens with zero attached hydrogens (tertiary/aromatic N) is 4. The van der Waals surface area contributed by atoms with Crippen molar-refractivity contribution in [3.05, 3.63) is 62.3 Å². The van der Waals surface area contributed by atoms with Gasteiger partial charge >= 0.3 is 0 Å². The molecule has 192 valence electrons. The zero-order valence-electron chi connectivity index (χ0n) is 20.3. The van der Waals surface area contributed by atoms with Gasteiger partial charge in [-0.1, -0.05) is 29.3 Å². The highest BCUT2D eigenvalue weighted by molar-refractivity contribution is 9.10. The van der Waals surface area contributed by atoms with Gasteiger partial charge in [-0.15, -0.1) is 0 Å². The molecule has 2 fully saturated rings. The number of amides is 3. The van der Waals surface area contributed by atoms with E-state index in [1.165, 1.54) is 0 Å². The molecule has 0 bridgehead atoms. The average Bonchev–Trinajstić information content (AvgIpc) is 2.89. The summed E-state index contributed by atoms with van der Waals surface area (Å²) in [5, 5.41) is 0.901. The molecule has 3 heterocycles. The second kappa shape index (κ2) is 11.5. The van der Waals surface area contributed by atoms with E-state index in [1.54, 1.807) is 48.2 Å². The van der Waals surface area contributed by atoms with Crippen molar-refractivity contribution in [2.75, 3.05) is 33.2 Å². The Balaban J connectivity index is 1.55. The molecule has 0 spiro atoms. The van der Waals surface area contributed by atoms with E-state index >= 15 is 0 Å². The van der Waals surface area contributed by atoms with Crippen LogP contribution in [-0.2, 0) is 9.59 Å². The number of aromatic nitrogens is 1. The lowest BCUT2D eigenvalue weighted by molar-refractivity contribution is -0.141. The van der Waals surface area contributed by atoms with Crippen molar-refractivity contribution in [3.8, 4) is 0 Å². The van der Waals surface area contributed by atoms with Gasteiger partial charge in [-0.2, -0.15) is 0 Å². The van der Waals surface area contributed by atoms with Crippen LogP contribution in [0.3, 0.4) is 0 Å². The van der Waals surface area contributed by atoms with Gasteiger partial charge in [-0.25, -0.2) is 4.98 Å². The molecule has 2 aromatic rings. The molecule has 1 unspecified atom stereocenters. The van der Waals surface area contributed by atoms with E-state index in [0.717, 1.165) is 10.0 Å². The van der Waals surface area contributed by atoms with Crippen LogP contribution in [-0.4, -0.2) is 76.7 Å². The molecule has 7 nitrogen and oxygen atoms in total. The maximum absolute atomic E-state index is 13.5. The molecule has 0 saturated carbocycles. The van der Waals surface area contributed by atoms with E-state index in [2.05, 4.69) is 20.9 Å². The van der Waals surface area contributed by atoms with E-state index in [4.69, 9.17) is 23.2 Å². The zero-order valence-corrected chi connectivity index (χ0v) is 23.4. The highest BCUT2D eigenvalue weighted by Crippen LogP contribution is 2.35. The minimum absolute atomic E-state index is 0.0503. The summed E-state index contributed by atoms with van der Waals surface area (Å²) in [5.41, 5.74) is 1.30. The van der Waals surface area contributed by atoms with Crippen LogP contribution < -0.4 is 0 Å². The van der Waals surface area contributed by atoms with Gasteiger partial charge in [-0.3, -0.25) is 14.4 Å². The smallest absolute Gasteiger partial charge is 0.272 e. The van der Waals surface area contributed by atoms with Gasteiger partial charge in [0.25, 0.3) is 5.91 Å². The third-order valence-electron chi connectivity index (χ3n) is 7.31. The quantitative estimate of drug-likeness (QED) is 0.506. The number of likely N-dealkylation sites (tertiary alicyclic amines) is 2. The number of hydrogen-bond acceptors (Lipinski definition) is 4. The summed E-state index contributed by atoms with van der Waals surface area (Å²) in [4.78, 5) is 48.1. The highest BCUT2D eigenvalue weighted by Gasteiger charge is 2.39. The molecular weight excluding hydrogens is 567 g/mol. The van der Waals surface area contributed by atoms with Crippen molar-refractivity contribution < 1.29 is 14.4 Å². The number of pyridine rings is 1. The van der Waals surface area contributed by atoms with Gasteiger partial charge in [0.2, 0.25) is 11.8 Å². The van der Waals surface area contributed by atoms with Crippen molar-refractivity contribution in [1.29, 1.82) is 0 Å². The maximum atomic E-state index is 13.5. The molecule has 1 aromatic heterocycles. The summed E-state index contributed by atoms with van der Waals surface area (Å²) in [6, 6.07) is 8.85. The predicted molar refractivity (Wildman–Crippen MR) is 143 cm³/mol. The molecule has 0 N–H and O–H groups in total. The lowest BCUT2D eigenvalue weighted by Gasteiger charge is -2.44. The first kappa shape index (κ1) is 26.9. The zero-order chi connectivity index (χ0) is 26.0. The first-order valence-corrected chi connectivity index (χ1v) is 13.6. The third kappa shape index (κ3) is 5.87. The van der Waals surface area contributed by atoms with Crippen LogP contribution in [0, 0.1) is 5.92 Å². The standard InChI is InChI=1S/C26H29BrCl2N4O3/c1-16(34)32-10-7-17(8-11-32)25(35)33-12-9-24(20(15-33)18-3-5-21(28)22(29)13-18)31(2)26(36)23-6-4-19(27)14-30-23/h3-6,13-14,17,20,24H,7-12,15H2,1-2H3/t20-,24?/m0/s1. The molecular formula is C26H29BrCl2N4O3. The van der Waals surface area contributed by atoms with Crippen molar-refractivity contribution in [3.63, 3.8) is 0 Å². The molecule has 0 aliphatic carbocycles. The Hall–Kier alpha value is -2.16. The molecule has 4 rings (SSSR count). The second-order valence-electron chi connectivity index (χ2n) is 9.48. The number of likely N-dealkylation sites (N-methyl/N-ethyl adjacent to an activating group) is 1. The molecule has 3 amide bonds. The summed E-state index contributed by atoms with van der Waals surface area (Å²) in [5.74, 6) is -0.245. The second-order valence-corrected chi connectivity index (χ2v) is 11.2. The van der Waals surface area contributed by atoms with E-state index in [1.807, 2.05) is 17.0 Å². The fraction of sp³-hybridized carbons (Fsp3) is 0.462. The number of hydrogen-bond donors (Lipinski definition) is 0.